The number of Topliss-reactive ketones (excluding diaryl/α,β-unsaturated/α-hetero) is 1. The van der Waals surface area contributed by atoms with E-state index in [9.17, 15) is 9.90 Å². The number of aliphatic hydroxyl groups is 1. The Morgan fingerprint density at radius 3 is 2.59 bits per heavy atom. The molecule has 0 saturated carbocycles. The van der Waals surface area contributed by atoms with Gasteiger partial charge in [-0.1, -0.05) is 56.3 Å². The van der Waals surface area contributed by atoms with E-state index >= 15 is 0 Å². The number of aromatic nitrogens is 2. The first-order chi connectivity index (χ1) is 14.0. The van der Waals surface area contributed by atoms with Crippen LogP contribution in [0.5, 0.6) is 5.75 Å². The molecule has 0 bridgehead atoms. The number of para-hydroxylation sites is 1. The predicted octanol–water partition coefficient (Wildman–Crippen LogP) is 4.26. The van der Waals surface area contributed by atoms with E-state index in [1.54, 1.807) is 18.3 Å². The average molecular weight is 392 g/mol. The summed E-state index contributed by atoms with van der Waals surface area (Å²) in [4.78, 5) is 17.0. The predicted molar refractivity (Wildman–Crippen MR) is 113 cm³/mol. The summed E-state index contributed by atoms with van der Waals surface area (Å²) in [6.07, 6.45) is 4.01. The van der Waals surface area contributed by atoms with E-state index in [1.165, 1.54) is 0 Å². The molecule has 3 rings (SSSR count). The number of rotatable bonds is 10. The van der Waals surface area contributed by atoms with Gasteiger partial charge in [-0.2, -0.15) is 0 Å². The van der Waals surface area contributed by atoms with Gasteiger partial charge in [-0.3, -0.25) is 4.79 Å². The summed E-state index contributed by atoms with van der Waals surface area (Å²) in [5.41, 5.74) is 1.69. The second-order valence-corrected chi connectivity index (χ2v) is 7.46. The van der Waals surface area contributed by atoms with Crippen LogP contribution in [0.25, 0.3) is 0 Å². The lowest BCUT2D eigenvalue weighted by molar-refractivity contribution is 0.0882. The van der Waals surface area contributed by atoms with Gasteiger partial charge in [0.05, 0.1) is 12.1 Å². The summed E-state index contributed by atoms with van der Waals surface area (Å²) >= 11 is 0. The molecule has 29 heavy (non-hydrogen) atoms. The molecule has 3 aromatic rings. The second kappa shape index (κ2) is 10.0. The van der Waals surface area contributed by atoms with E-state index in [1.807, 2.05) is 53.2 Å². The Kier molecular flexibility index (Phi) is 7.19. The molecular weight excluding hydrogens is 364 g/mol. The number of aliphatic hydroxyl groups excluding tert-OH is 1. The van der Waals surface area contributed by atoms with Gasteiger partial charge >= 0.3 is 0 Å². The van der Waals surface area contributed by atoms with E-state index in [4.69, 9.17) is 4.74 Å². The van der Waals surface area contributed by atoms with Gasteiger partial charge in [-0.25, -0.2) is 4.98 Å². The Morgan fingerprint density at radius 2 is 1.83 bits per heavy atom. The summed E-state index contributed by atoms with van der Waals surface area (Å²) in [5, 5.41) is 10.4. The Balaban J connectivity index is 1.58. The molecule has 1 aromatic heterocycles. The molecule has 0 fully saturated rings. The molecule has 0 aliphatic carbocycles. The van der Waals surface area contributed by atoms with Crippen molar-refractivity contribution in [1.29, 1.82) is 0 Å². The van der Waals surface area contributed by atoms with Crippen LogP contribution in [-0.2, 0) is 13.0 Å². The fraction of sp³-hybridized carbons (Fsp3) is 0.333. The van der Waals surface area contributed by atoms with Crippen LogP contribution in [0.15, 0.2) is 67.0 Å². The molecule has 1 atom stereocenters. The molecule has 0 aliphatic heterocycles. The van der Waals surface area contributed by atoms with Gasteiger partial charge in [-0.05, 0) is 24.1 Å². The first kappa shape index (κ1) is 20.8. The minimum Gasteiger partial charge on any atom is -0.490 e. The minimum absolute atomic E-state index is 0.0376. The van der Waals surface area contributed by atoms with Gasteiger partial charge < -0.3 is 14.4 Å². The zero-order chi connectivity index (χ0) is 20.6. The molecular formula is C24H28N2O3. The first-order valence-corrected chi connectivity index (χ1v) is 10.0. The molecule has 152 valence electrons. The number of nitrogens with zero attached hydrogens (tertiary/aromatic N) is 2. The molecule has 1 N–H and O–H groups in total. The first-order valence-electron chi connectivity index (χ1n) is 10.0. The number of ether oxygens (including phenoxy) is 1. The van der Waals surface area contributed by atoms with Crippen LogP contribution in [0.2, 0.25) is 0 Å². The van der Waals surface area contributed by atoms with Crippen molar-refractivity contribution in [3.63, 3.8) is 0 Å². The van der Waals surface area contributed by atoms with Crippen molar-refractivity contribution in [2.75, 3.05) is 6.61 Å². The highest BCUT2D eigenvalue weighted by molar-refractivity contribution is 5.98. The zero-order valence-corrected chi connectivity index (χ0v) is 17.0. The Labute approximate surface area is 172 Å². The van der Waals surface area contributed by atoms with E-state index in [2.05, 4.69) is 18.8 Å². The van der Waals surface area contributed by atoms with Crippen LogP contribution in [0.3, 0.4) is 0 Å². The maximum Gasteiger partial charge on any atom is 0.166 e. The number of ketones is 1. The van der Waals surface area contributed by atoms with Crippen LogP contribution in [0.4, 0.5) is 0 Å². The highest BCUT2D eigenvalue weighted by Gasteiger charge is 2.15. The standard InChI is InChI=1S/C24H28N2O3/c1-18(2)24-25-14-15-26(24)16-20(27)17-29-23-11-7-6-10-21(23)22(28)13-12-19-8-4-3-5-9-19/h3-11,14-15,18,20,27H,12-13,16-17H2,1-2H3. The summed E-state index contributed by atoms with van der Waals surface area (Å²) in [7, 11) is 0. The van der Waals surface area contributed by atoms with Crippen molar-refractivity contribution in [2.45, 2.75) is 45.3 Å². The summed E-state index contributed by atoms with van der Waals surface area (Å²) in [5.74, 6) is 1.76. The van der Waals surface area contributed by atoms with E-state index < -0.39 is 6.10 Å². The maximum absolute atomic E-state index is 12.7. The van der Waals surface area contributed by atoms with E-state index in [0.717, 1.165) is 11.4 Å². The fourth-order valence-corrected chi connectivity index (χ4v) is 3.30. The number of carbonyl (C=O) groups excluding carboxylic acids is 1. The topological polar surface area (TPSA) is 64.3 Å². The molecule has 5 nitrogen and oxygen atoms in total. The van der Waals surface area contributed by atoms with Crippen molar-refractivity contribution in [1.82, 2.24) is 9.55 Å². The Morgan fingerprint density at radius 1 is 1.10 bits per heavy atom. The number of hydrogen-bond acceptors (Lipinski definition) is 4. The Hall–Kier alpha value is -2.92. The third kappa shape index (κ3) is 5.78. The molecule has 0 saturated heterocycles. The van der Waals surface area contributed by atoms with Crippen molar-refractivity contribution >= 4 is 5.78 Å². The maximum atomic E-state index is 12.7. The number of imidazole rings is 1. The number of carbonyl (C=O) groups is 1. The summed E-state index contributed by atoms with van der Waals surface area (Å²) in [6, 6.07) is 17.2. The lowest BCUT2D eigenvalue weighted by Crippen LogP contribution is -2.25. The normalized spacial score (nSPS) is 12.1. The van der Waals surface area contributed by atoms with Crippen molar-refractivity contribution in [3.05, 3.63) is 83.9 Å². The van der Waals surface area contributed by atoms with Crippen LogP contribution < -0.4 is 4.74 Å². The zero-order valence-electron chi connectivity index (χ0n) is 17.0. The highest BCUT2D eigenvalue weighted by atomic mass is 16.5. The van der Waals surface area contributed by atoms with Crippen molar-refractivity contribution in [3.8, 4) is 5.75 Å². The third-order valence-corrected chi connectivity index (χ3v) is 4.77. The van der Waals surface area contributed by atoms with Crippen LogP contribution in [0, 0.1) is 0 Å². The third-order valence-electron chi connectivity index (χ3n) is 4.77. The van der Waals surface area contributed by atoms with Gasteiger partial charge in [0.25, 0.3) is 0 Å². The van der Waals surface area contributed by atoms with Crippen LogP contribution in [0.1, 0.15) is 47.9 Å². The number of hydrogen-bond donors (Lipinski definition) is 1. The molecule has 0 radical (unpaired) electrons. The minimum atomic E-state index is -0.700. The summed E-state index contributed by atoms with van der Waals surface area (Å²) < 4.78 is 7.76. The Bertz CT molecular complexity index is 919. The average Bonchev–Trinajstić information content (AvgIpc) is 3.20. The van der Waals surface area contributed by atoms with Gasteiger partial charge in [0.15, 0.2) is 5.78 Å². The quantitative estimate of drug-likeness (QED) is 0.524. The molecule has 0 amide bonds. The number of aryl methyl sites for hydroxylation is 1. The monoisotopic (exact) mass is 392 g/mol. The van der Waals surface area contributed by atoms with Gasteiger partial charge in [-0.15, -0.1) is 0 Å². The van der Waals surface area contributed by atoms with Gasteiger partial charge in [0, 0.05) is 24.7 Å². The lowest BCUT2D eigenvalue weighted by atomic mass is 10.0. The SMILES string of the molecule is CC(C)c1nccn1CC(O)COc1ccccc1C(=O)CCc1ccccc1. The molecule has 1 unspecified atom stereocenters. The number of benzene rings is 2. The fourth-order valence-electron chi connectivity index (χ4n) is 3.30. The molecule has 0 spiro atoms. The van der Waals surface area contributed by atoms with Gasteiger partial charge in [0.2, 0.25) is 0 Å². The van der Waals surface area contributed by atoms with Crippen molar-refractivity contribution < 1.29 is 14.6 Å². The lowest BCUT2D eigenvalue weighted by Gasteiger charge is -2.17. The second-order valence-electron chi connectivity index (χ2n) is 7.46. The highest BCUT2D eigenvalue weighted by Crippen LogP contribution is 2.21. The van der Waals surface area contributed by atoms with E-state index in [-0.39, 0.29) is 18.3 Å². The van der Waals surface area contributed by atoms with E-state index in [0.29, 0.717) is 30.7 Å². The molecule has 1 heterocycles. The molecule has 2 aromatic carbocycles. The molecule has 5 heteroatoms. The van der Waals surface area contributed by atoms with Crippen LogP contribution >= 0.6 is 0 Å². The molecule has 0 aliphatic rings. The van der Waals surface area contributed by atoms with Gasteiger partial charge in [0.1, 0.15) is 24.3 Å². The smallest absolute Gasteiger partial charge is 0.166 e. The largest absolute Gasteiger partial charge is 0.490 e. The van der Waals surface area contributed by atoms with Crippen molar-refractivity contribution in [2.24, 2.45) is 0 Å². The summed E-state index contributed by atoms with van der Waals surface area (Å²) in [6.45, 7) is 4.65. The van der Waals surface area contributed by atoms with Crippen LogP contribution in [-0.4, -0.2) is 33.2 Å².